The van der Waals surface area contributed by atoms with Gasteiger partial charge in [0.05, 0.1) is 5.69 Å². The summed E-state index contributed by atoms with van der Waals surface area (Å²) in [4.78, 5) is -0.0227. The SMILES string of the molecule is O=S1(=O)N=C(C2CC2)Nc2c(C3CCNCC3)cc(F)cc21. The van der Waals surface area contributed by atoms with E-state index in [1.807, 2.05) is 0 Å². The molecule has 0 spiro atoms. The van der Waals surface area contributed by atoms with E-state index < -0.39 is 15.8 Å². The second kappa shape index (κ2) is 5.03. The van der Waals surface area contributed by atoms with Crippen LogP contribution in [0.25, 0.3) is 0 Å². The number of sulfonamides is 1. The molecule has 2 fully saturated rings. The molecule has 1 aromatic carbocycles. The zero-order chi connectivity index (χ0) is 15.3. The molecule has 0 bridgehead atoms. The van der Waals surface area contributed by atoms with Gasteiger partial charge in [0.1, 0.15) is 16.5 Å². The summed E-state index contributed by atoms with van der Waals surface area (Å²) in [7, 11) is -3.81. The minimum absolute atomic E-state index is 0.0227. The summed E-state index contributed by atoms with van der Waals surface area (Å²) in [5, 5.41) is 6.47. The Hall–Kier alpha value is -1.47. The zero-order valence-electron chi connectivity index (χ0n) is 12.1. The number of nitrogens with one attached hydrogen (secondary N) is 2. The quantitative estimate of drug-likeness (QED) is 0.875. The second-order valence-electron chi connectivity index (χ2n) is 6.24. The van der Waals surface area contributed by atoms with Gasteiger partial charge >= 0.3 is 0 Å². The molecule has 118 valence electrons. The van der Waals surface area contributed by atoms with Gasteiger partial charge in [0.15, 0.2) is 0 Å². The highest BCUT2D eigenvalue weighted by molar-refractivity contribution is 7.90. The minimum Gasteiger partial charge on any atom is -0.341 e. The normalized spacial score (nSPS) is 24.3. The third kappa shape index (κ3) is 2.42. The van der Waals surface area contributed by atoms with E-state index in [1.54, 1.807) is 0 Å². The second-order valence-corrected chi connectivity index (χ2v) is 7.82. The molecule has 0 unspecified atom stereocenters. The number of piperidine rings is 1. The number of rotatable bonds is 2. The lowest BCUT2D eigenvalue weighted by molar-refractivity contribution is 0.458. The molecule has 1 aromatic rings. The van der Waals surface area contributed by atoms with Crippen LogP contribution in [0.4, 0.5) is 10.1 Å². The molecule has 0 radical (unpaired) electrons. The summed E-state index contributed by atoms with van der Waals surface area (Å²) in [5.74, 6) is 0.387. The van der Waals surface area contributed by atoms with Crippen molar-refractivity contribution in [3.05, 3.63) is 23.5 Å². The first-order valence-corrected chi connectivity index (χ1v) is 9.14. The summed E-state index contributed by atoms with van der Waals surface area (Å²) in [5.41, 5.74) is 1.32. The van der Waals surface area contributed by atoms with E-state index in [4.69, 9.17) is 0 Å². The van der Waals surface area contributed by atoms with Crippen LogP contribution in [0.1, 0.15) is 37.2 Å². The molecule has 2 N–H and O–H groups in total. The molecule has 1 saturated carbocycles. The lowest BCUT2D eigenvalue weighted by atomic mass is 9.89. The van der Waals surface area contributed by atoms with Gasteiger partial charge in [-0.25, -0.2) is 4.39 Å². The standard InChI is InChI=1S/C15H18FN3O2S/c16-11-7-12(9-3-5-17-6-4-9)14-13(8-11)22(20,21)19-15(18-14)10-1-2-10/h7-10,17H,1-6H2,(H,18,19). The Bertz CT molecular complexity index is 750. The van der Waals surface area contributed by atoms with E-state index in [9.17, 15) is 12.8 Å². The fourth-order valence-electron chi connectivity index (χ4n) is 3.26. The molecule has 0 amide bonds. The average molecular weight is 323 g/mol. The first-order valence-electron chi connectivity index (χ1n) is 7.70. The molecule has 0 atom stereocenters. The van der Waals surface area contributed by atoms with Gasteiger partial charge in [-0.1, -0.05) is 0 Å². The summed E-state index contributed by atoms with van der Waals surface area (Å²) in [6.45, 7) is 1.73. The fourth-order valence-corrected chi connectivity index (χ4v) is 4.50. The van der Waals surface area contributed by atoms with Crippen LogP contribution in [-0.2, 0) is 10.0 Å². The molecule has 1 aliphatic carbocycles. The number of hydrogen-bond donors (Lipinski definition) is 2. The number of hydrogen-bond acceptors (Lipinski definition) is 4. The first kappa shape index (κ1) is 14.1. The van der Waals surface area contributed by atoms with Crippen LogP contribution in [0.3, 0.4) is 0 Å². The molecular formula is C15H18FN3O2S. The number of benzene rings is 1. The van der Waals surface area contributed by atoms with Crippen molar-refractivity contribution in [2.75, 3.05) is 18.4 Å². The van der Waals surface area contributed by atoms with Gasteiger partial charge in [0.25, 0.3) is 10.0 Å². The van der Waals surface area contributed by atoms with Crippen molar-refractivity contribution in [3.63, 3.8) is 0 Å². The molecule has 7 heteroatoms. The van der Waals surface area contributed by atoms with Crippen LogP contribution < -0.4 is 10.6 Å². The summed E-state index contributed by atoms with van der Waals surface area (Å²) >= 11 is 0. The van der Waals surface area contributed by atoms with Crippen LogP contribution in [0, 0.1) is 11.7 Å². The largest absolute Gasteiger partial charge is 0.341 e. The third-order valence-electron chi connectivity index (χ3n) is 4.59. The predicted molar refractivity (Wildman–Crippen MR) is 82.2 cm³/mol. The predicted octanol–water partition coefficient (Wildman–Crippen LogP) is 2.22. The van der Waals surface area contributed by atoms with Crippen molar-refractivity contribution in [3.8, 4) is 0 Å². The van der Waals surface area contributed by atoms with E-state index in [0.717, 1.165) is 50.4 Å². The van der Waals surface area contributed by atoms with Crippen molar-refractivity contribution in [2.45, 2.75) is 36.5 Å². The Morgan fingerprint density at radius 1 is 1.09 bits per heavy atom. The Balaban J connectivity index is 1.84. The highest BCUT2D eigenvalue weighted by atomic mass is 32.2. The lowest BCUT2D eigenvalue weighted by Gasteiger charge is -2.28. The van der Waals surface area contributed by atoms with E-state index in [2.05, 4.69) is 15.0 Å². The fraction of sp³-hybridized carbons (Fsp3) is 0.533. The van der Waals surface area contributed by atoms with Crippen LogP contribution in [0.2, 0.25) is 0 Å². The summed E-state index contributed by atoms with van der Waals surface area (Å²) < 4.78 is 42.6. The third-order valence-corrected chi connectivity index (χ3v) is 5.90. The number of fused-ring (bicyclic) bond motifs is 1. The van der Waals surface area contributed by atoms with Crippen molar-refractivity contribution < 1.29 is 12.8 Å². The van der Waals surface area contributed by atoms with Crippen molar-refractivity contribution in [1.82, 2.24) is 5.32 Å². The molecule has 4 rings (SSSR count). The molecule has 1 saturated heterocycles. The number of nitrogens with zero attached hydrogens (tertiary/aromatic N) is 1. The van der Waals surface area contributed by atoms with Gasteiger partial charge in [0, 0.05) is 5.92 Å². The van der Waals surface area contributed by atoms with Gasteiger partial charge in [0.2, 0.25) is 0 Å². The number of amidine groups is 1. The van der Waals surface area contributed by atoms with E-state index in [-0.39, 0.29) is 16.7 Å². The Labute approximate surface area is 129 Å². The Morgan fingerprint density at radius 3 is 2.50 bits per heavy atom. The van der Waals surface area contributed by atoms with Gasteiger partial charge in [-0.15, -0.1) is 4.40 Å². The average Bonchev–Trinajstić information content (AvgIpc) is 3.32. The maximum Gasteiger partial charge on any atom is 0.286 e. The van der Waals surface area contributed by atoms with Crippen molar-refractivity contribution >= 4 is 21.5 Å². The maximum atomic E-state index is 14.0. The number of anilines is 1. The molecule has 2 heterocycles. The summed E-state index contributed by atoms with van der Waals surface area (Å²) in [6.07, 6.45) is 3.68. The lowest BCUT2D eigenvalue weighted by Crippen LogP contribution is -2.29. The van der Waals surface area contributed by atoms with E-state index in [0.29, 0.717) is 11.5 Å². The number of halogens is 1. The monoisotopic (exact) mass is 323 g/mol. The molecule has 3 aliphatic rings. The van der Waals surface area contributed by atoms with Crippen LogP contribution in [-0.4, -0.2) is 27.3 Å². The zero-order valence-corrected chi connectivity index (χ0v) is 12.9. The van der Waals surface area contributed by atoms with E-state index >= 15 is 0 Å². The van der Waals surface area contributed by atoms with Gasteiger partial charge < -0.3 is 10.6 Å². The molecular weight excluding hydrogens is 305 g/mol. The Morgan fingerprint density at radius 2 is 1.82 bits per heavy atom. The van der Waals surface area contributed by atoms with E-state index in [1.165, 1.54) is 6.07 Å². The topological polar surface area (TPSA) is 70.6 Å². The minimum atomic E-state index is -3.81. The molecule has 2 aliphatic heterocycles. The van der Waals surface area contributed by atoms with Crippen LogP contribution in [0.5, 0.6) is 0 Å². The smallest absolute Gasteiger partial charge is 0.286 e. The van der Waals surface area contributed by atoms with Crippen LogP contribution >= 0.6 is 0 Å². The molecule has 5 nitrogen and oxygen atoms in total. The highest BCUT2D eigenvalue weighted by Crippen LogP contribution is 2.41. The van der Waals surface area contributed by atoms with Crippen molar-refractivity contribution in [2.24, 2.45) is 10.3 Å². The van der Waals surface area contributed by atoms with Gasteiger partial charge in [-0.3, -0.25) is 0 Å². The van der Waals surface area contributed by atoms with Gasteiger partial charge in [-0.05, 0) is 62.4 Å². The Kier molecular flexibility index (Phi) is 3.23. The maximum absolute atomic E-state index is 14.0. The van der Waals surface area contributed by atoms with Crippen LogP contribution in [0.15, 0.2) is 21.4 Å². The molecule has 0 aromatic heterocycles. The first-order chi connectivity index (χ1) is 10.5. The van der Waals surface area contributed by atoms with Gasteiger partial charge in [-0.2, -0.15) is 8.42 Å². The molecule has 22 heavy (non-hydrogen) atoms. The van der Waals surface area contributed by atoms with Crippen molar-refractivity contribution in [1.29, 1.82) is 0 Å². The highest BCUT2D eigenvalue weighted by Gasteiger charge is 2.36. The summed E-state index contributed by atoms with van der Waals surface area (Å²) in [6, 6.07) is 2.56.